The number of imidazole rings is 1. The van der Waals surface area contributed by atoms with Crippen molar-refractivity contribution in [3.8, 4) is 62.1 Å². The first-order valence-corrected chi connectivity index (χ1v) is 22.9. The van der Waals surface area contributed by atoms with Gasteiger partial charge in [0.1, 0.15) is 28.7 Å². The summed E-state index contributed by atoms with van der Waals surface area (Å²) >= 11 is 0. The van der Waals surface area contributed by atoms with E-state index in [9.17, 15) is 6.85 Å². The Hall–Kier alpha value is -8.02. The van der Waals surface area contributed by atoms with E-state index in [1.165, 1.54) is 4.57 Å². The normalized spacial score (nSPS) is 16.5. The van der Waals surface area contributed by atoms with Gasteiger partial charge in [-0.1, -0.05) is 188 Å². The molecule has 0 unspecified atom stereocenters. The fourth-order valence-corrected chi connectivity index (χ4v) is 9.06. The molecule has 344 valence electrons. The van der Waals surface area contributed by atoms with Gasteiger partial charge in [-0.05, 0) is 98.6 Å². The fraction of sp³-hybridized carbons (Fsp3) is 0.169. The van der Waals surface area contributed by atoms with Crippen LogP contribution in [0.3, 0.4) is 0 Å². The Kier molecular flexibility index (Phi) is 6.96. The lowest BCUT2D eigenvalue weighted by Gasteiger charge is -2.26. The molecule has 5 heteroatoms. The third kappa shape index (κ3) is 8.15. The molecule has 0 aliphatic rings. The van der Waals surface area contributed by atoms with Gasteiger partial charge in [0.05, 0.1) is 27.5 Å². The Balaban J connectivity index is 1.10. The predicted molar refractivity (Wildman–Crippen MR) is 291 cm³/mol. The lowest BCUT2D eigenvalue weighted by molar-refractivity contribution is -0.566. The summed E-state index contributed by atoms with van der Waals surface area (Å²) < 4.78 is 179. The second kappa shape index (κ2) is 17.5. The second-order valence-electron chi connectivity index (χ2n) is 19.3. The zero-order chi connectivity index (χ0) is 64.7. The molecule has 0 amide bonds. The van der Waals surface area contributed by atoms with Crippen LogP contribution in [0.2, 0.25) is 0 Å². The van der Waals surface area contributed by atoms with Crippen LogP contribution in [-0.4, -0.2) is 14.1 Å². The third-order valence-corrected chi connectivity index (χ3v) is 12.6. The number of rotatable bonds is 9. The van der Waals surface area contributed by atoms with E-state index < -0.39 is 103 Å². The van der Waals surface area contributed by atoms with Gasteiger partial charge in [-0.3, -0.25) is 4.57 Å². The molecule has 0 aliphatic heterocycles. The number of pyridine rings is 1. The van der Waals surface area contributed by atoms with Crippen molar-refractivity contribution in [2.24, 2.45) is 0 Å². The Morgan fingerprint density at radius 2 is 1.20 bits per heavy atom. The molecule has 11 aromatic rings. The summed E-state index contributed by atoms with van der Waals surface area (Å²) in [5.41, 5.74) is 4.15. The maximum Gasteiger partial charge on any atom is 0.255 e. The molecule has 5 nitrogen and oxygen atoms in total. The van der Waals surface area contributed by atoms with Crippen molar-refractivity contribution in [3.63, 3.8) is 0 Å². The monoisotopic (exact) mass is 931 g/mol. The molecule has 3 aromatic heterocycles. The van der Waals surface area contributed by atoms with Crippen LogP contribution in [0, 0.1) is 0 Å². The lowest BCUT2D eigenvalue weighted by Crippen LogP contribution is -2.31. The number of aromatic nitrogens is 4. The summed E-state index contributed by atoms with van der Waals surface area (Å²) in [5.74, 6) is -3.63. The van der Waals surface area contributed by atoms with Crippen LogP contribution in [-0.2, 0) is 10.8 Å². The van der Waals surface area contributed by atoms with Crippen molar-refractivity contribution in [1.29, 1.82) is 0 Å². The van der Waals surface area contributed by atoms with Crippen LogP contribution in [0.4, 0.5) is 0 Å². The number of ether oxygens (including phenoxy) is 1. The van der Waals surface area contributed by atoms with E-state index >= 15 is 0 Å². The highest BCUT2D eigenvalue weighted by Crippen LogP contribution is 2.41. The zero-order valence-electron chi connectivity index (χ0n) is 58.4. The minimum Gasteiger partial charge on any atom is -0.457 e. The summed E-state index contributed by atoms with van der Waals surface area (Å²) in [6, 6.07) is 31.4. The average molecular weight is 931 g/mol. The quantitative estimate of drug-likeness (QED) is 0.135. The van der Waals surface area contributed by atoms with Gasteiger partial charge in [0.15, 0.2) is 11.0 Å². The van der Waals surface area contributed by atoms with Gasteiger partial charge < -0.3 is 4.74 Å². The molecule has 0 atom stereocenters. The Morgan fingerprint density at radius 1 is 0.586 bits per heavy atom. The summed E-state index contributed by atoms with van der Waals surface area (Å²) in [4.78, 5) is 4.46. The van der Waals surface area contributed by atoms with Crippen molar-refractivity contribution in [2.45, 2.75) is 72.0 Å². The molecule has 70 heavy (non-hydrogen) atoms. The van der Waals surface area contributed by atoms with E-state index in [1.807, 2.05) is 57.9 Å². The van der Waals surface area contributed by atoms with Crippen LogP contribution in [0.1, 0.15) is 104 Å². The summed E-state index contributed by atoms with van der Waals surface area (Å²) in [6.45, 7) is 5.37. The lowest BCUT2D eigenvalue weighted by atomic mass is 9.78. The topological polar surface area (TPSA) is 35.9 Å². The first-order valence-electron chi connectivity index (χ1n) is 32.4. The van der Waals surface area contributed by atoms with Gasteiger partial charge in [-0.2, -0.15) is 9.13 Å². The van der Waals surface area contributed by atoms with E-state index in [1.54, 1.807) is 66.7 Å². The Labute approximate surface area is 438 Å². The molecule has 0 aliphatic carbocycles. The second-order valence-corrected chi connectivity index (χ2v) is 19.3. The van der Waals surface area contributed by atoms with Gasteiger partial charge in [0, 0.05) is 55.4 Å². The van der Waals surface area contributed by atoms with Crippen LogP contribution < -0.4 is 9.30 Å². The SMILES string of the molecule is [2H]c1nc(-n2c3ccccc3c3ccc(Oc4cccc(-n5c[n+](-c6c(-c7cc(C(C)(C)C)cc(C(C)(C)C)c7)cccc6-c6c([2H])c([2H])c([2H])c([2H])c6[2H])c6ccccc65)c4)cc32)c([2H])c(C([2H])(C([2H])([2H])[2H])C([2H])([2H])[2H])c1-c1c([2H])c([2H])c([2H])c([2H])c1[2H]. The number of hydrogen-bond donors (Lipinski definition) is 0. The molecule has 11 rings (SSSR count). The highest BCUT2D eigenvalue weighted by molar-refractivity contribution is 6.09. The number of benzene rings is 8. The number of para-hydroxylation sites is 4. The molecule has 0 saturated heterocycles. The zero-order valence-corrected chi connectivity index (χ0v) is 39.4. The van der Waals surface area contributed by atoms with Crippen molar-refractivity contribution < 1.29 is 35.3 Å². The average Bonchev–Trinajstić information content (AvgIpc) is 1.66. The molecule has 0 fully saturated rings. The standard InChI is InChI=1S/C65H59N4O/c1-43(2)56-40-62(66-41-57(56)45-23-13-10-14-24-45)69-58-30-16-15-27-54(58)55-34-33-51(39-61(55)69)70-50-26-19-25-49(38-50)67-42-68(60-32-18-17-31-59(60)67)63-52(44-21-11-9-12-22-44)28-20-29-53(63)46-35-47(64(3,4)5)37-48(36-46)65(6,7)8/h9-43H,1-8H3/q+1/i1D3,2D3,9D,10D,11D,12D,13D,14D,21D,22D,23D,24D,40D,41D,43D. The van der Waals surface area contributed by atoms with Crippen molar-refractivity contribution in [3.05, 3.63) is 223 Å². The first-order chi connectivity index (χ1) is 41.6. The number of hydrogen-bond acceptors (Lipinski definition) is 2. The highest BCUT2D eigenvalue weighted by atomic mass is 16.5. The van der Waals surface area contributed by atoms with Crippen LogP contribution in [0.5, 0.6) is 11.5 Å². The maximum atomic E-state index is 9.82. The predicted octanol–water partition coefficient (Wildman–Crippen LogP) is 16.9. The molecule has 8 aromatic carbocycles. The summed E-state index contributed by atoms with van der Waals surface area (Å²) in [7, 11) is 0. The Morgan fingerprint density at radius 3 is 1.90 bits per heavy atom. The van der Waals surface area contributed by atoms with Gasteiger partial charge in [-0.25, -0.2) is 4.98 Å². The molecular formula is C65H59N4O+. The van der Waals surface area contributed by atoms with Crippen molar-refractivity contribution in [1.82, 2.24) is 14.1 Å². The van der Waals surface area contributed by atoms with Gasteiger partial charge in [0.2, 0.25) is 0 Å². The first kappa shape index (κ1) is 27.8. The third-order valence-electron chi connectivity index (χ3n) is 12.6. The smallest absolute Gasteiger partial charge is 0.255 e. The molecule has 0 N–H and O–H groups in total. The summed E-state index contributed by atoms with van der Waals surface area (Å²) in [6.07, 6.45) is 0.930. The molecule has 0 spiro atoms. The van der Waals surface area contributed by atoms with E-state index in [0.29, 0.717) is 44.5 Å². The van der Waals surface area contributed by atoms with Crippen LogP contribution >= 0.6 is 0 Å². The summed E-state index contributed by atoms with van der Waals surface area (Å²) in [5, 5.41) is 1.14. The van der Waals surface area contributed by atoms with Crippen LogP contribution in [0.25, 0.3) is 83.4 Å². The van der Waals surface area contributed by atoms with E-state index in [0.717, 1.165) is 27.8 Å². The molecule has 0 radical (unpaired) electrons. The molecule has 0 bridgehead atoms. The Bertz CT molecular complexity index is 4650. The largest absolute Gasteiger partial charge is 0.457 e. The number of nitrogens with zero attached hydrogens (tertiary/aromatic N) is 4. The number of fused-ring (bicyclic) bond motifs is 4. The van der Waals surface area contributed by atoms with E-state index in [2.05, 4.69) is 64.7 Å². The molecular weight excluding hydrogens is 853 g/mol. The van der Waals surface area contributed by atoms with Gasteiger partial charge >= 0.3 is 0 Å². The minimum absolute atomic E-state index is 0.0306. The maximum absolute atomic E-state index is 9.82. The van der Waals surface area contributed by atoms with E-state index in [4.69, 9.17) is 23.9 Å². The molecule has 0 saturated carbocycles. The highest BCUT2D eigenvalue weighted by Gasteiger charge is 2.28. The van der Waals surface area contributed by atoms with Crippen LogP contribution in [0.15, 0.2) is 206 Å². The fourth-order valence-electron chi connectivity index (χ4n) is 9.06. The van der Waals surface area contributed by atoms with E-state index in [-0.39, 0.29) is 39.7 Å². The molecule has 3 heterocycles. The minimum atomic E-state index is -3.76. The van der Waals surface area contributed by atoms with Crippen molar-refractivity contribution in [2.75, 3.05) is 0 Å². The van der Waals surface area contributed by atoms with Gasteiger partial charge in [0.25, 0.3) is 6.33 Å². The van der Waals surface area contributed by atoms with Gasteiger partial charge in [-0.15, -0.1) is 0 Å². The van der Waals surface area contributed by atoms with Crippen molar-refractivity contribution >= 4 is 32.8 Å².